The van der Waals surface area contributed by atoms with Crippen LogP contribution in [0, 0.1) is 11.6 Å². The first-order valence-electron chi connectivity index (χ1n) is 5.45. The zero-order valence-electron chi connectivity index (χ0n) is 9.29. The van der Waals surface area contributed by atoms with E-state index in [1.54, 1.807) is 6.07 Å². The Hall–Kier alpha value is -1.74. The second-order valence-corrected chi connectivity index (χ2v) is 3.86. The van der Waals surface area contributed by atoms with Crippen molar-refractivity contribution in [3.63, 3.8) is 0 Å². The Balaban J connectivity index is 2.30. The Bertz CT molecular complexity index is 506. The molecule has 0 heterocycles. The monoisotopic (exact) mass is 233 g/mol. The highest BCUT2D eigenvalue weighted by atomic mass is 19.2. The van der Waals surface area contributed by atoms with E-state index in [9.17, 15) is 8.78 Å². The van der Waals surface area contributed by atoms with Gasteiger partial charge in [0, 0.05) is 0 Å². The van der Waals surface area contributed by atoms with Crippen LogP contribution in [0.2, 0.25) is 0 Å². The third kappa shape index (κ3) is 2.68. The zero-order chi connectivity index (χ0) is 12.3. The molecular formula is C14H13F2N. The summed E-state index contributed by atoms with van der Waals surface area (Å²) in [6, 6.07) is 11.6. The Kier molecular flexibility index (Phi) is 3.49. The molecule has 0 fully saturated rings. The fraction of sp³-hybridized carbons (Fsp3) is 0.143. The maximum atomic E-state index is 13.1. The van der Waals surface area contributed by atoms with Crippen LogP contribution in [0.25, 0.3) is 11.1 Å². The van der Waals surface area contributed by atoms with Gasteiger partial charge in [-0.2, -0.15) is 0 Å². The van der Waals surface area contributed by atoms with Crippen molar-refractivity contribution >= 4 is 0 Å². The van der Waals surface area contributed by atoms with Crippen molar-refractivity contribution in [3.8, 4) is 11.1 Å². The number of halogens is 2. The van der Waals surface area contributed by atoms with Crippen LogP contribution >= 0.6 is 0 Å². The Morgan fingerprint density at radius 1 is 0.824 bits per heavy atom. The lowest BCUT2D eigenvalue weighted by molar-refractivity contribution is 0.509. The molecule has 0 aliphatic carbocycles. The summed E-state index contributed by atoms with van der Waals surface area (Å²) in [5, 5.41) is 0. The normalized spacial score (nSPS) is 10.5. The van der Waals surface area contributed by atoms with Crippen LogP contribution in [0.5, 0.6) is 0 Å². The maximum Gasteiger partial charge on any atom is 0.159 e. The van der Waals surface area contributed by atoms with Gasteiger partial charge in [-0.25, -0.2) is 8.78 Å². The SMILES string of the molecule is NCCc1ccc(-c2ccc(F)c(F)c2)cc1. The van der Waals surface area contributed by atoms with Gasteiger partial charge >= 0.3 is 0 Å². The van der Waals surface area contributed by atoms with Crippen molar-refractivity contribution < 1.29 is 8.78 Å². The summed E-state index contributed by atoms with van der Waals surface area (Å²) in [7, 11) is 0. The van der Waals surface area contributed by atoms with Gasteiger partial charge in [-0.05, 0) is 41.8 Å². The fourth-order valence-electron chi connectivity index (χ4n) is 1.71. The van der Waals surface area contributed by atoms with Gasteiger partial charge in [-0.15, -0.1) is 0 Å². The first kappa shape index (κ1) is 11.7. The van der Waals surface area contributed by atoms with E-state index in [1.165, 1.54) is 6.07 Å². The molecule has 0 aliphatic heterocycles. The van der Waals surface area contributed by atoms with Crippen molar-refractivity contribution in [2.24, 2.45) is 5.73 Å². The van der Waals surface area contributed by atoms with Gasteiger partial charge in [0.15, 0.2) is 11.6 Å². The van der Waals surface area contributed by atoms with E-state index < -0.39 is 11.6 Å². The molecule has 0 bridgehead atoms. The molecule has 3 heteroatoms. The molecule has 0 unspecified atom stereocenters. The van der Waals surface area contributed by atoms with Gasteiger partial charge in [0.05, 0.1) is 0 Å². The average molecular weight is 233 g/mol. The number of nitrogens with two attached hydrogens (primary N) is 1. The van der Waals surface area contributed by atoms with Crippen LogP contribution in [-0.4, -0.2) is 6.54 Å². The summed E-state index contributed by atoms with van der Waals surface area (Å²) in [5.74, 6) is -1.65. The summed E-state index contributed by atoms with van der Waals surface area (Å²) in [5.41, 5.74) is 8.13. The Morgan fingerprint density at radius 3 is 2.06 bits per heavy atom. The summed E-state index contributed by atoms with van der Waals surface area (Å²) in [6.07, 6.45) is 0.818. The quantitative estimate of drug-likeness (QED) is 0.866. The minimum absolute atomic E-state index is 0.602. The molecule has 2 aromatic carbocycles. The molecule has 2 rings (SSSR count). The molecule has 0 atom stereocenters. The topological polar surface area (TPSA) is 26.0 Å². The largest absolute Gasteiger partial charge is 0.330 e. The van der Waals surface area contributed by atoms with E-state index in [0.29, 0.717) is 12.1 Å². The highest BCUT2D eigenvalue weighted by Gasteiger charge is 2.04. The van der Waals surface area contributed by atoms with E-state index in [2.05, 4.69) is 0 Å². The van der Waals surface area contributed by atoms with Crippen LogP contribution in [0.15, 0.2) is 42.5 Å². The van der Waals surface area contributed by atoms with E-state index in [1.807, 2.05) is 24.3 Å². The molecule has 0 saturated carbocycles. The van der Waals surface area contributed by atoms with Crippen LogP contribution in [0.3, 0.4) is 0 Å². The van der Waals surface area contributed by atoms with Crippen molar-refractivity contribution in [1.29, 1.82) is 0 Å². The van der Waals surface area contributed by atoms with Gasteiger partial charge in [-0.1, -0.05) is 30.3 Å². The minimum atomic E-state index is -0.825. The molecule has 0 radical (unpaired) electrons. The van der Waals surface area contributed by atoms with E-state index in [0.717, 1.165) is 23.6 Å². The lowest BCUT2D eigenvalue weighted by atomic mass is 10.0. The minimum Gasteiger partial charge on any atom is -0.330 e. The molecule has 2 N–H and O–H groups in total. The molecule has 1 nitrogen and oxygen atoms in total. The third-order valence-corrected chi connectivity index (χ3v) is 2.64. The molecule has 88 valence electrons. The number of hydrogen-bond acceptors (Lipinski definition) is 1. The first-order valence-corrected chi connectivity index (χ1v) is 5.45. The predicted molar refractivity (Wildman–Crippen MR) is 64.6 cm³/mol. The molecule has 0 amide bonds. The summed E-state index contributed by atoms with van der Waals surface area (Å²) < 4.78 is 25.9. The summed E-state index contributed by atoms with van der Waals surface area (Å²) in [6.45, 7) is 0.602. The average Bonchev–Trinajstić information content (AvgIpc) is 2.34. The first-order chi connectivity index (χ1) is 8.20. The van der Waals surface area contributed by atoms with Gasteiger partial charge in [0.1, 0.15) is 0 Å². The van der Waals surface area contributed by atoms with Crippen LogP contribution in [0.4, 0.5) is 8.78 Å². The van der Waals surface area contributed by atoms with E-state index in [4.69, 9.17) is 5.73 Å². The van der Waals surface area contributed by atoms with Crippen molar-refractivity contribution in [3.05, 3.63) is 59.7 Å². The molecule has 0 saturated heterocycles. The maximum absolute atomic E-state index is 13.1. The molecule has 0 aromatic heterocycles. The van der Waals surface area contributed by atoms with Crippen molar-refractivity contribution in [1.82, 2.24) is 0 Å². The van der Waals surface area contributed by atoms with Crippen molar-refractivity contribution in [2.45, 2.75) is 6.42 Å². The van der Waals surface area contributed by atoms with Gasteiger partial charge in [0.25, 0.3) is 0 Å². The van der Waals surface area contributed by atoms with Gasteiger partial charge in [-0.3, -0.25) is 0 Å². The lowest BCUT2D eigenvalue weighted by Gasteiger charge is -2.04. The molecule has 0 aliphatic rings. The summed E-state index contributed by atoms with van der Waals surface area (Å²) >= 11 is 0. The predicted octanol–water partition coefficient (Wildman–Crippen LogP) is 3.13. The smallest absolute Gasteiger partial charge is 0.159 e. The van der Waals surface area contributed by atoms with Crippen LogP contribution in [-0.2, 0) is 6.42 Å². The van der Waals surface area contributed by atoms with Crippen molar-refractivity contribution in [2.75, 3.05) is 6.54 Å². The zero-order valence-corrected chi connectivity index (χ0v) is 9.29. The molecule has 17 heavy (non-hydrogen) atoms. The van der Waals surface area contributed by atoms with Crippen LogP contribution in [0.1, 0.15) is 5.56 Å². The standard InChI is InChI=1S/C14H13F2N/c15-13-6-5-12(9-14(13)16)11-3-1-10(2-4-11)7-8-17/h1-6,9H,7-8,17H2. The highest BCUT2D eigenvalue weighted by molar-refractivity contribution is 5.63. The highest BCUT2D eigenvalue weighted by Crippen LogP contribution is 2.21. The Labute approximate surface area is 98.9 Å². The van der Waals surface area contributed by atoms with Gasteiger partial charge in [0.2, 0.25) is 0 Å². The summed E-state index contributed by atoms with van der Waals surface area (Å²) in [4.78, 5) is 0. The molecule has 2 aromatic rings. The number of hydrogen-bond donors (Lipinski definition) is 1. The Morgan fingerprint density at radius 2 is 1.47 bits per heavy atom. The number of benzene rings is 2. The van der Waals surface area contributed by atoms with Gasteiger partial charge < -0.3 is 5.73 Å². The molecular weight excluding hydrogens is 220 g/mol. The lowest BCUT2D eigenvalue weighted by Crippen LogP contribution is -2.02. The second-order valence-electron chi connectivity index (χ2n) is 3.86. The number of rotatable bonds is 3. The molecule has 0 spiro atoms. The second kappa shape index (κ2) is 5.06. The third-order valence-electron chi connectivity index (χ3n) is 2.64. The van der Waals surface area contributed by atoms with E-state index in [-0.39, 0.29) is 0 Å². The van der Waals surface area contributed by atoms with Crippen LogP contribution < -0.4 is 5.73 Å². The van der Waals surface area contributed by atoms with E-state index >= 15 is 0 Å². The fourth-order valence-corrected chi connectivity index (χ4v) is 1.71.